The third-order valence-corrected chi connectivity index (χ3v) is 5.18. The summed E-state index contributed by atoms with van der Waals surface area (Å²) < 4.78 is 15.8. The minimum absolute atomic E-state index is 0.340. The molecule has 9 heteroatoms. The van der Waals surface area contributed by atoms with Gasteiger partial charge in [-0.05, 0) is 23.6 Å². The standard InChI is InChI=1S/C16H15N3O4S2/c1-21-10-7-9(8-11(22-2)13(10)23-3)14(20)17-16-19-18-15(25-16)12-5-4-6-24-12/h4-8H,1-3H3,(H,17,19,20). The molecule has 0 radical (unpaired) electrons. The van der Waals surface area contributed by atoms with E-state index in [1.54, 1.807) is 23.5 Å². The Bertz CT molecular complexity index is 852. The van der Waals surface area contributed by atoms with Gasteiger partial charge in [0.05, 0.1) is 26.2 Å². The molecular formula is C16H15N3O4S2. The molecule has 2 aromatic heterocycles. The number of amides is 1. The second-order valence-electron chi connectivity index (χ2n) is 4.76. The van der Waals surface area contributed by atoms with Crippen molar-refractivity contribution in [2.24, 2.45) is 0 Å². The highest BCUT2D eigenvalue weighted by Crippen LogP contribution is 2.38. The number of aromatic nitrogens is 2. The smallest absolute Gasteiger partial charge is 0.257 e. The number of nitrogens with one attached hydrogen (secondary N) is 1. The molecule has 7 nitrogen and oxygen atoms in total. The van der Waals surface area contributed by atoms with Crippen molar-refractivity contribution in [1.29, 1.82) is 0 Å². The van der Waals surface area contributed by atoms with Crippen LogP contribution in [0.3, 0.4) is 0 Å². The van der Waals surface area contributed by atoms with E-state index in [0.717, 1.165) is 9.88 Å². The summed E-state index contributed by atoms with van der Waals surface area (Å²) in [4.78, 5) is 13.5. The fraction of sp³-hybridized carbons (Fsp3) is 0.188. The Hall–Kier alpha value is -2.65. The SMILES string of the molecule is COc1cc(C(=O)Nc2nnc(-c3cccs3)s2)cc(OC)c1OC. The van der Waals surface area contributed by atoms with Crippen molar-refractivity contribution in [3.05, 3.63) is 35.2 Å². The zero-order chi connectivity index (χ0) is 17.8. The van der Waals surface area contributed by atoms with Crippen molar-refractivity contribution in [3.8, 4) is 27.1 Å². The first-order chi connectivity index (χ1) is 12.2. The molecule has 0 aliphatic heterocycles. The second-order valence-corrected chi connectivity index (χ2v) is 6.68. The Morgan fingerprint density at radius 2 is 1.80 bits per heavy atom. The van der Waals surface area contributed by atoms with Crippen LogP contribution in [0.5, 0.6) is 17.2 Å². The monoisotopic (exact) mass is 377 g/mol. The number of rotatable bonds is 6. The van der Waals surface area contributed by atoms with Crippen LogP contribution in [0.1, 0.15) is 10.4 Å². The normalized spacial score (nSPS) is 10.4. The molecule has 0 unspecified atom stereocenters. The summed E-state index contributed by atoms with van der Waals surface area (Å²) in [7, 11) is 4.50. The van der Waals surface area contributed by atoms with Gasteiger partial charge in [-0.25, -0.2) is 0 Å². The van der Waals surface area contributed by atoms with Crippen LogP contribution < -0.4 is 19.5 Å². The molecule has 0 saturated carbocycles. The summed E-state index contributed by atoms with van der Waals surface area (Å²) in [6.45, 7) is 0. The van der Waals surface area contributed by atoms with Crippen LogP contribution in [0.4, 0.5) is 5.13 Å². The first-order valence-corrected chi connectivity index (χ1v) is 8.84. The molecule has 0 spiro atoms. The van der Waals surface area contributed by atoms with E-state index in [-0.39, 0.29) is 5.91 Å². The van der Waals surface area contributed by atoms with E-state index < -0.39 is 0 Å². The quantitative estimate of drug-likeness (QED) is 0.707. The van der Waals surface area contributed by atoms with Gasteiger partial charge in [0.2, 0.25) is 10.9 Å². The fourth-order valence-electron chi connectivity index (χ4n) is 2.16. The molecule has 0 aliphatic rings. The summed E-state index contributed by atoms with van der Waals surface area (Å²) in [5.74, 6) is 0.901. The van der Waals surface area contributed by atoms with Crippen molar-refractivity contribution in [1.82, 2.24) is 10.2 Å². The van der Waals surface area contributed by atoms with E-state index in [2.05, 4.69) is 15.5 Å². The molecule has 1 aromatic carbocycles. The number of benzene rings is 1. The predicted octanol–water partition coefficient (Wildman–Crippen LogP) is 3.54. The zero-order valence-electron chi connectivity index (χ0n) is 13.7. The highest BCUT2D eigenvalue weighted by Gasteiger charge is 2.18. The number of methoxy groups -OCH3 is 3. The van der Waals surface area contributed by atoms with Crippen LogP contribution in [0.15, 0.2) is 29.6 Å². The van der Waals surface area contributed by atoms with Crippen LogP contribution >= 0.6 is 22.7 Å². The molecule has 130 valence electrons. The van der Waals surface area contributed by atoms with E-state index in [1.165, 1.54) is 32.7 Å². The number of nitrogens with zero attached hydrogens (tertiary/aromatic N) is 2. The van der Waals surface area contributed by atoms with E-state index in [4.69, 9.17) is 14.2 Å². The third kappa shape index (κ3) is 3.57. The molecule has 2 heterocycles. The lowest BCUT2D eigenvalue weighted by molar-refractivity contribution is 0.102. The summed E-state index contributed by atoms with van der Waals surface area (Å²) >= 11 is 2.88. The number of carbonyl (C=O) groups is 1. The molecule has 3 aromatic rings. The molecule has 1 N–H and O–H groups in total. The molecule has 0 atom stereocenters. The minimum atomic E-state index is -0.340. The summed E-state index contributed by atoms with van der Waals surface area (Å²) in [5.41, 5.74) is 0.363. The topological polar surface area (TPSA) is 82.6 Å². The summed E-state index contributed by atoms with van der Waals surface area (Å²) in [5, 5.41) is 14.0. The van der Waals surface area contributed by atoms with E-state index >= 15 is 0 Å². The number of ether oxygens (including phenoxy) is 3. The maximum Gasteiger partial charge on any atom is 0.257 e. The molecule has 25 heavy (non-hydrogen) atoms. The fourth-order valence-corrected chi connectivity index (χ4v) is 3.69. The Morgan fingerprint density at radius 1 is 1.08 bits per heavy atom. The van der Waals surface area contributed by atoms with Crippen LogP contribution in [-0.2, 0) is 0 Å². The van der Waals surface area contributed by atoms with Crippen molar-refractivity contribution in [3.63, 3.8) is 0 Å². The lowest BCUT2D eigenvalue weighted by Gasteiger charge is -2.13. The van der Waals surface area contributed by atoms with Crippen molar-refractivity contribution in [2.45, 2.75) is 0 Å². The van der Waals surface area contributed by atoms with Crippen molar-refractivity contribution >= 4 is 33.7 Å². The van der Waals surface area contributed by atoms with Gasteiger partial charge in [0.1, 0.15) is 0 Å². The third-order valence-electron chi connectivity index (χ3n) is 3.30. The Labute approximate surface area is 152 Å². The Morgan fingerprint density at radius 3 is 2.36 bits per heavy atom. The van der Waals surface area contributed by atoms with Gasteiger partial charge in [0, 0.05) is 5.56 Å². The molecule has 1 amide bonds. The summed E-state index contributed by atoms with van der Waals surface area (Å²) in [6, 6.07) is 7.06. The maximum atomic E-state index is 12.5. The van der Waals surface area contributed by atoms with Gasteiger partial charge < -0.3 is 14.2 Å². The van der Waals surface area contributed by atoms with E-state index in [1.807, 2.05) is 17.5 Å². The minimum Gasteiger partial charge on any atom is -0.493 e. The highest BCUT2D eigenvalue weighted by molar-refractivity contribution is 7.23. The average molecular weight is 377 g/mol. The molecule has 0 saturated heterocycles. The van der Waals surface area contributed by atoms with Gasteiger partial charge in [0.15, 0.2) is 16.5 Å². The van der Waals surface area contributed by atoms with E-state index in [0.29, 0.717) is 27.9 Å². The molecular weight excluding hydrogens is 362 g/mol. The average Bonchev–Trinajstić information content (AvgIpc) is 3.31. The molecule has 0 fully saturated rings. The van der Waals surface area contributed by atoms with Gasteiger partial charge in [0.25, 0.3) is 5.91 Å². The zero-order valence-corrected chi connectivity index (χ0v) is 15.4. The Balaban J connectivity index is 1.84. The molecule has 3 rings (SSSR count). The molecule has 0 aliphatic carbocycles. The lowest BCUT2D eigenvalue weighted by atomic mass is 10.1. The van der Waals surface area contributed by atoms with Crippen LogP contribution in [0.2, 0.25) is 0 Å². The first kappa shape index (κ1) is 17.2. The van der Waals surface area contributed by atoms with Crippen LogP contribution in [0, 0.1) is 0 Å². The van der Waals surface area contributed by atoms with Crippen molar-refractivity contribution in [2.75, 3.05) is 26.6 Å². The number of carbonyl (C=O) groups excluding carboxylic acids is 1. The summed E-state index contributed by atoms with van der Waals surface area (Å²) in [6.07, 6.45) is 0. The van der Waals surface area contributed by atoms with Gasteiger partial charge >= 0.3 is 0 Å². The van der Waals surface area contributed by atoms with Gasteiger partial charge in [-0.3, -0.25) is 10.1 Å². The van der Waals surface area contributed by atoms with Gasteiger partial charge in [-0.1, -0.05) is 17.4 Å². The van der Waals surface area contributed by atoms with Crippen LogP contribution in [0.25, 0.3) is 9.88 Å². The largest absolute Gasteiger partial charge is 0.493 e. The highest BCUT2D eigenvalue weighted by atomic mass is 32.1. The molecule has 0 bridgehead atoms. The maximum absolute atomic E-state index is 12.5. The van der Waals surface area contributed by atoms with Crippen LogP contribution in [-0.4, -0.2) is 37.4 Å². The van der Waals surface area contributed by atoms with E-state index in [9.17, 15) is 4.79 Å². The van der Waals surface area contributed by atoms with Gasteiger partial charge in [-0.15, -0.1) is 21.5 Å². The van der Waals surface area contributed by atoms with Gasteiger partial charge in [-0.2, -0.15) is 0 Å². The van der Waals surface area contributed by atoms with Crippen molar-refractivity contribution < 1.29 is 19.0 Å². The number of hydrogen-bond acceptors (Lipinski definition) is 8. The predicted molar refractivity (Wildman–Crippen MR) is 97.3 cm³/mol. The number of hydrogen-bond donors (Lipinski definition) is 1. The Kier molecular flexibility index (Phi) is 5.15. The number of thiophene rings is 1. The lowest BCUT2D eigenvalue weighted by Crippen LogP contribution is -2.12. The first-order valence-electron chi connectivity index (χ1n) is 7.15. The number of anilines is 1. The second kappa shape index (κ2) is 7.49.